The Morgan fingerprint density at radius 2 is 0.538 bits per heavy atom. The first kappa shape index (κ1) is 24.3. The molecule has 0 rings (SSSR count). The molecule has 0 aromatic heterocycles. The van der Waals surface area contributed by atoms with Gasteiger partial charge in [0.25, 0.3) is 0 Å². The molecule has 0 spiro atoms. The van der Waals surface area contributed by atoms with Crippen LogP contribution in [-0.4, -0.2) is 0 Å². The normalized spacial score (nSPS) is 6.00. The van der Waals surface area contributed by atoms with Gasteiger partial charge in [-0.15, -0.1) is 0 Å². The van der Waals surface area contributed by atoms with Gasteiger partial charge in [0, 0.05) is 21.1 Å². The van der Waals surface area contributed by atoms with Gasteiger partial charge in [-0.25, -0.2) is 0 Å². The molecule has 0 unspecified atom stereocenters. The van der Waals surface area contributed by atoms with Crippen LogP contribution in [0.4, 0.5) is 0 Å². The van der Waals surface area contributed by atoms with Crippen molar-refractivity contribution in [2.45, 2.75) is 0 Å². The van der Waals surface area contributed by atoms with Crippen LogP contribution in [0.25, 0.3) is 0 Å². The van der Waals surface area contributed by atoms with Crippen LogP contribution in [-0.2, 0) is 86.9 Å². The molecule has 13 heavy (non-hydrogen) atoms. The van der Waals surface area contributed by atoms with E-state index in [4.69, 9.17) is 32.1 Å². The zero-order valence-corrected chi connectivity index (χ0v) is 12.3. The van der Waals surface area contributed by atoms with E-state index >= 15 is 0 Å². The van der Waals surface area contributed by atoms with E-state index in [9.17, 15) is 0 Å². The van der Waals surface area contributed by atoms with E-state index < -0.39 is 55.8 Å². The van der Waals surface area contributed by atoms with Crippen molar-refractivity contribution in [3.05, 3.63) is 0 Å². The second-order valence-corrected chi connectivity index (χ2v) is 3.09. The SMILES string of the molecule is [Mo].[O]=[Ti]([O-])[O-].[O]=[Ti]([O-])[O-].[O]=[Ti]([O-])[O-]. The van der Waals surface area contributed by atoms with E-state index in [2.05, 4.69) is 0 Å². The molecule has 0 saturated heterocycles. The van der Waals surface area contributed by atoms with Gasteiger partial charge >= 0.3 is 88.0 Å². The molecule has 0 atom stereocenters. The summed E-state index contributed by atoms with van der Waals surface area (Å²) in [6, 6.07) is 0. The van der Waals surface area contributed by atoms with Crippen LogP contribution in [0.15, 0.2) is 0 Å². The van der Waals surface area contributed by atoms with Gasteiger partial charge in [0.05, 0.1) is 0 Å². The van der Waals surface area contributed by atoms with Crippen molar-refractivity contribution in [3.8, 4) is 0 Å². The van der Waals surface area contributed by atoms with Crippen molar-refractivity contribution in [1.29, 1.82) is 0 Å². The summed E-state index contributed by atoms with van der Waals surface area (Å²) in [5, 5.41) is 0. The maximum absolute atomic E-state index is 8.58. The molecular weight excluding hydrogens is 384 g/mol. The number of hydrogen-bond donors (Lipinski definition) is 0. The Balaban J connectivity index is -0.0000000450. The third-order valence-electron chi connectivity index (χ3n) is 0. The van der Waals surface area contributed by atoms with E-state index in [1.807, 2.05) is 0 Å². The fraction of sp³-hybridized carbons (Fsp3) is 0. The molecule has 0 aromatic rings. The fourth-order valence-electron chi connectivity index (χ4n) is 0. The zero-order valence-electron chi connectivity index (χ0n) is 5.58. The summed E-state index contributed by atoms with van der Waals surface area (Å²) in [6.07, 6.45) is 0. The van der Waals surface area contributed by atoms with Crippen LogP contribution in [0.5, 0.6) is 0 Å². The summed E-state index contributed by atoms with van der Waals surface area (Å²) in [5.41, 5.74) is 0. The first-order valence-electron chi connectivity index (χ1n) is 1.84. The Kier molecular flexibility index (Phi) is 36.5. The third kappa shape index (κ3) is 507. The van der Waals surface area contributed by atoms with Gasteiger partial charge in [0.1, 0.15) is 0 Å². The Morgan fingerprint density at radius 1 is 0.538 bits per heavy atom. The van der Waals surface area contributed by atoms with Crippen molar-refractivity contribution in [2.24, 2.45) is 0 Å². The van der Waals surface area contributed by atoms with E-state index in [0.29, 0.717) is 0 Å². The van der Waals surface area contributed by atoms with Gasteiger partial charge in [-0.1, -0.05) is 0 Å². The van der Waals surface area contributed by atoms with Crippen LogP contribution < -0.4 is 22.1 Å². The van der Waals surface area contributed by atoms with Gasteiger partial charge in [0.2, 0.25) is 0 Å². The molecule has 13 heteroatoms. The van der Waals surface area contributed by atoms with Crippen LogP contribution in [0.2, 0.25) is 0 Å². The van der Waals surface area contributed by atoms with Crippen molar-refractivity contribution >= 4 is 0 Å². The predicted molar refractivity (Wildman–Crippen MR) is 2.06 cm³/mol. The van der Waals surface area contributed by atoms with E-state index in [-0.39, 0.29) is 21.1 Å². The molecule has 0 saturated carbocycles. The molecular formula is MoO9Ti3-6. The van der Waals surface area contributed by atoms with Crippen molar-refractivity contribution < 1.29 is 109 Å². The summed E-state index contributed by atoms with van der Waals surface area (Å²) in [5.74, 6) is 0. The van der Waals surface area contributed by atoms with Gasteiger partial charge in [-0.2, -0.15) is 0 Å². The van der Waals surface area contributed by atoms with E-state index in [1.54, 1.807) is 0 Å². The minimum absolute atomic E-state index is 0. The fourth-order valence-corrected chi connectivity index (χ4v) is 0. The Labute approximate surface area is 108 Å². The quantitative estimate of drug-likeness (QED) is 0.365. The molecule has 0 aliphatic heterocycles. The first-order chi connectivity index (χ1) is 5.20. The molecule has 0 N–H and O–H groups in total. The monoisotopic (exact) mass is 386 g/mol. The van der Waals surface area contributed by atoms with Crippen LogP contribution in [0.1, 0.15) is 0 Å². The van der Waals surface area contributed by atoms with Crippen molar-refractivity contribution in [1.82, 2.24) is 0 Å². The van der Waals surface area contributed by atoms with Gasteiger partial charge < -0.3 is 0 Å². The zero-order chi connectivity index (χ0) is 10.7. The van der Waals surface area contributed by atoms with Crippen LogP contribution in [0.3, 0.4) is 0 Å². The summed E-state index contributed by atoms with van der Waals surface area (Å²) in [7, 11) is 0. The maximum atomic E-state index is 8.58. The minimum atomic E-state index is -4.08. The van der Waals surface area contributed by atoms with Gasteiger partial charge in [0.15, 0.2) is 0 Å². The van der Waals surface area contributed by atoms with Gasteiger partial charge in [-0.05, 0) is 0 Å². The van der Waals surface area contributed by atoms with E-state index in [0.717, 1.165) is 0 Å². The van der Waals surface area contributed by atoms with Gasteiger partial charge in [-0.3, -0.25) is 0 Å². The second kappa shape index (κ2) is 19.5. The Morgan fingerprint density at radius 3 is 0.538 bits per heavy atom. The molecule has 0 heterocycles. The first-order valence-corrected chi connectivity index (χ1v) is 7.57. The molecule has 0 aromatic carbocycles. The summed E-state index contributed by atoms with van der Waals surface area (Å²) in [4.78, 5) is 0. The van der Waals surface area contributed by atoms with E-state index in [1.165, 1.54) is 0 Å². The molecule has 9 nitrogen and oxygen atoms in total. The number of hydrogen-bond acceptors (Lipinski definition) is 9. The van der Waals surface area contributed by atoms with Crippen LogP contribution in [0, 0.1) is 0 Å². The average Bonchev–Trinajstić information content (AvgIpc) is 1.54. The molecule has 0 amide bonds. The van der Waals surface area contributed by atoms with Crippen molar-refractivity contribution in [3.63, 3.8) is 0 Å². The molecule has 78 valence electrons. The standard InChI is InChI=1S/Mo.9O.3Ti/q;;;;6*-1;;;. The molecule has 0 aliphatic carbocycles. The van der Waals surface area contributed by atoms with Crippen LogP contribution >= 0.6 is 0 Å². The molecule has 0 aliphatic rings. The summed E-state index contributed by atoms with van der Waals surface area (Å²) < 4.78 is 77.2. The molecule has 0 radical (unpaired) electrons. The molecule has 0 fully saturated rings. The third-order valence-corrected chi connectivity index (χ3v) is 0. The predicted octanol–water partition coefficient (Wildman–Crippen LogP) is -7.50. The average molecular weight is 384 g/mol. The Hall–Kier alpha value is 1.99. The number of rotatable bonds is 0. The second-order valence-electron chi connectivity index (χ2n) is 0.750. The summed E-state index contributed by atoms with van der Waals surface area (Å²) in [6.45, 7) is 0. The topological polar surface area (TPSA) is 190 Å². The van der Waals surface area contributed by atoms with Crippen molar-refractivity contribution in [2.75, 3.05) is 0 Å². The Bertz CT molecular complexity index is 112. The summed E-state index contributed by atoms with van der Waals surface area (Å²) >= 11 is -12.2. The molecule has 0 bridgehead atoms.